The average Bonchev–Trinajstić information content (AvgIpc) is 2.24. The Labute approximate surface area is 102 Å². The number of sulfonamides is 1. The van der Waals surface area contributed by atoms with Gasteiger partial charge in [-0.25, -0.2) is 13.1 Å². The van der Waals surface area contributed by atoms with E-state index in [-0.39, 0.29) is 23.5 Å². The summed E-state index contributed by atoms with van der Waals surface area (Å²) in [7, 11) is -3.91. The lowest BCUT2D eigenvalue weighted by Crippen LogP contribution is -2.26. The SMILES string of the molecule is Nc1ccncc1S(=O)(=O)NCCCC(F)(F)F. The smallest absolute Gasteiger partial charge is 0.389 e. The Morgan fingerprint density at radius 3 is 2.61 bits per heavy atom. The van der Waals surface area contributed by atoms with Crippen LogP contribution in [0.4, 0.5) is 18.9 Å². The maximum atomic E-state index is 11.9. The topological polar surface area (TPSA) is 85.1 Å². The predicted molar refractivity (Wildman–Crippen MR) is 59.1 cm³/mol. The normalized spacial score (nSPS) is 12.6. The van der Waals surface area contributed by atoms with Crippen molar-refractivity contribution in [2.45, 2.75) is 23.9 Å². The van der Waals surface area contributed by atoms with E-state index in [2.05, 4.69) is 4.98 Å². The molecule has 1 aromatic rings. The molecule has 0 aliphatic carbocycles. The Morgan fingerprint density at radius 2 is 2.06 bits per heavy atom. The van der Waals surface area contributed by atoms with E-state index >= 15 is 0 Å². The van der Waals surface area contributed by atoms with Gasteiger partial charge in [0.25, 0.3) is 0 Å². The molecule has 0 bridgehead atoms. The van der Waals surface area contributed by atoms with Gasteiger partial charge in [0.05, 0.1) is 5.69 Å². The van der Waals surface area contributed by atoms with Crippen molar-refractivity contribution in [3.8, 4) is 0 Å². The summed E-state index contributed by atoms with van der Waals surface area (Å²) in [6.45, 7) is -0.309. The molecule has 0 amide bonds. The van der Waals surface area contributed by atoms with Crippen LogP contribution in [0, 0.1) is 0 Å². The number of nitrogens with zero attached hydrogens (tertiary/aromatic N) is 1. The van der Waals surface area contributed by atoms with E-state index in [0.717, 1.165) is 6.20 Å². The number of alkyl halides is 3. The summed E-state index contributed by atoms with van der Waals surface area (Å²) in [5.74, 6) is 0. The van der Waals surface area contributed by atoms with Crippen molar-refractivity contribution in [3.05, 3.63) is 18.5 Å². The van der Waals surface area contributed by atoms with Crippen molar-refractivity contribution in [2.75, 3.05) is 12.3 Å². The Balaban J connectivity index is 2.59. The minimum Gasteiger partial charge on any atom is -0.398 e. The molecular formula is C9H12F3N3O2S. The molecule has 5 nitrogen and oxygen atoms in total. The highest BCUT2D eigenvalue weighted by Gasteiger charge is 2.26. The van der Waals surface area contributed by atoms with E-state index in [0.29, 0.717) is 0 Å². The van der Waals surface area contributed by atoms with Gasteiger partial charge in [0.15, 0.2) is 0 Å². The van der Waals surface area contributed by atoms with Gasteiger partial charge < -0.3 is 5.73 Å². The molecular weight excluding hydrogens is 271 g/mol. The van der Waals surface area contributed by atoms with Gasteiger partial charge in [-0.05, 0) is 12.5 Å². The van der Waals surface area contributed by atoms with Crippen molar-refractivity contribution in [2.24, 2.45) is 0 Å². The monoisotopic (exact) mass is 283 g/mol. The van der Waals surface area contributed by atoms with Crippen molar-refractivity contribution in [3.63, 3.8) is 0 Å². The first-order chi connectivity index (χ1) is 8.22. The third-order valence-corrected chi connectivity index (χ3v) is 3.54. The molecule has 0 unspecified atom stereocenters. The van der Waals surface area contributed by atoms with E-state index in [1.165, 1.54) is 12.3 Å². The van der Waals surface area contributed by atoms with Gasteiger partial charge in [-0.15, -0.1) is 0 Å². The lowest BCUT2D eigenvalue weighted by Gasteiger charge is -2.09. The molecule has 0 fully saturated rings. The number of hydrogen-bond acceptors (Lipinski definition) is 4. The highest BCUT2D eigenvalue weighted by molar-refractivity contribution is 7.89. The summed E-state index contributed by atoms with van der Waals surface area (Å²) in [5.41, 5.74) is 5.43. The van der Waals surface area contributed by atoms with Gasteiger partial charge in [-0.2, -0.15) is 13.2 Å². The minimum atomic E-state index is -4.29. The molecule has 3 N–H and O–H groups in total. The number of halogens is 3. The van der Waals surface area contributed by atoms with Gasteiger partial charge >= 0.3 is 6.18 Å². The number of nitrogens with one attached hydrogen (secondary N) is 1. The number of anilines is 1. The highest BCUT2D eigenvalue weighted by atomic mass is 32.2. The van der Waals surface area contributed by atoms with Crippen LogP contribution in [-0.4, -0.2) is 26.1 Å². The lowest BCUT2D eigenvalue weighted by molar-refractivity contribution is -0.135. The molecule has 0 aromatic carbocycles. The molecule has 1 aromatic heterocycles. The van der Waals surface area contributed by atoms with Crippen LogP contribution in [0.1, 0.15) is 12.8 Å². The van der Waals surface area contributed by atoms with Crippen molar-refractivity contribution < 1.29 is 21.6 Å². The molecule has 0 saturated carbocycles. The maximum absolute atomic E-state index is 11.9. The number of pyridine rings is 1. The fourth-order valence-electron chi connectivity index (χ4n) is 1.19. The van der Waals surface area contributed by atoms with E-state index in [4.69, 9.17) is 5.73 Å². The summed E-state index contributed by atoms with van der Waals surface area (Å²) in [5, 5.41) is 0. The second-order valence-corrected chi connectivity index (χ2v) is 5.27. The van der Waals surface area contributed by atoms with Gasteiger partial charge in [0, 0.05) is 25.4 Å². The summed E-state index contributed by atoms with van der Waals surface area (Å²) < 4.78 is 60.9. The highest BCUT2D eigenvalue weighted by Crippen LogP contribution is 2.21. The van der Waals surface area contributed by atoms with E-state index in [1.54, 1.807) is 0 Å². The predicted octanol–water partition coefficient (Wildman–Crippen LogP) is 1.28. The summed E-state index contributed by atoms with van der Waals surface area (Å²) in [6, 6.07) is 1.30. The molecule has 9 heteroatoms. The number of aromatic nitrogens is 1. The molecule has 0 atom stereocenters. The molecule has 0 saturated heterocycles. The maximum Gasteiger partial charge on any atom is 0.389 e. The van der Waals surface area contributed by atoms with Gasteiger partial charge in [0.2, 0.25) is 10.0 Å². The summed E-state index contributed by atoms with van der Waals surface area (Å²) >= 11 is 0. The molecule has 1 heterocycles. The van der Waals surface area contributed by atoms with Gasteiger partial charge in [-0.1, -0.05) is 0 Å². The number of nitrogens with two attached hydrogens (primary N) is 1. The number of hydrogen-bond donors (Lipinski definition) is 2. The quantitative estimate of drug-likeness (QED) is 0.797. The van der Waals surface area contributed by atoms with Crippen molar-refractivity contribution >= 4 is 15.7 Å². The Kier molecular flexibility index (Phi) is 4.52. The zero-order valence-corrected chi connectivity index (χ0v) is 10.1. The number of nitrogen functional groups attached to an aromatic ring is 1. The lowest BCUT2D eigenvalue weighted by atomic mass is 10.3. The first-order valence-corrected chi connectivity index (χ1v) is 6.46. The fourth-order valence-corrected chi connectivity index (χ4v) is 2.33. The van der Waals surface area contributed by atoms with E-state index in [1.807, 2.05) is 4.72 Å². The second kappa shape index (κ2) is 5.53. The van der Waals surface area contributed by atoms with Crippen LogP contribution < -0.4 is 10.5 Å². The zero-order chi connectivity index (χ0) is 13.8. The molecule has 0 radical (unpaired) electrons. The van der Waals surface area contributed by atoms with Crippen LogP contribution >= 0.6 is 0 Å². The standard InChI is InChI=1S/C9H12F3N3O2S/c10-9(11,12)3-1-4-15-18(16,17)8-6-14-5-2-7(8)13/h2,5-6,15H,1,3-4H2,(H2,13,14). The third-order valence-electron chi connectivity index (χ3n) is 2.04. The first kappa shape index (κ1) is 14.7. The van der Waals surface area contributed by atoms with Gasteiger partial charge in [0.1, 0.15) is 4.90 Å². The van der Waals surface area contributed by atoms with Gasteiger partial charge in [-0.3, -0.25) is 4.98 Å². The third kappa shape index (κ3) is 4.49. The molecule has 18 heavy (non-hydrogen) atoms. The molecule has 1 rings (SSSR count). The zero-order valence-electron chi connectivity index (χ0n) is 9.24. The Morgan fingerprint density at radius 1 is 1.39 bits per heavy atom. The minimum absolute atomic E-state index is 0.00618. The fraction of sp³-hybridized carbons (Fsp3) is 0.444. The average molecular weight is 283 g/mol. The van der Waals surface area contributed by atoms with Crippen LogP contribution in [0.3, 0.4) is 0 Å². The van der Waals surface area contributed by atoms with Crippen LogP contribution in [0.2, 0.25) is 0 Å². The molecule has 0 spiro atoms. The van der Waals surface area contributed by atoms with Crippen LogP contribution in [0.5, 0.6) is 0 Å². The molecule has 0 aliphatic heterocycles. The molecule has 0 aliphatic rings. The molecule has 102 valence electrons. The van der Waals surface area contributed by atoms with Crippen molar-refractivity contribution in [1.82, 2.24) is 9.71 Å². The Bertz CT molecular complexity index is 502. The van der Waals surface area contributed by atoms with Crippen LogP contribution in [-0.2, 0) is 10.0 Å². The largest absolute Gasteiger partial charge is 0.398 e. The second-order valence-electron chi connectivity index (χ2n) is 3.53. The van der Waals surface area contributed by atoms with Crippen LogP contribution in [0.15, 0.2) is 23.4 Å². The summed E-state index contributed by atoms with van der Waals surface area (Å²) in [6.07, 6.45) is -3.31. The van der Waals surface area contributed by atoms with E-state index in [9.17, 15) is 21.6 Å². The van der Waals surface area contributed by atoms with E-state index < -0.39 is 22.6 Å². The Hall–Kier alpha value is -1.35. The number of rotatable bonds is 5. The van der Waals surface area contributed by atoms with Crippen molar-refractivity contribution in [1.29, 1.82) is 0 Å². The van der Waals surface area contributed by atoms with Crippen LogP contribution in [0.25, 0.3) is 0 Å². The first-order valence-electron chi connectivity index (χ1n) is 4.98. The summed E-state index contributed by atoms with van der Waals surface area (Å²) in [4.78, 5) is 3.36.